The molecule has 31 heavy (non-hydrogen) atoms. The van der Waals surface area contributed by atoms with Gasteiger partial charge in [-0.3, -0.25) is 9.69 Å². The molecule has 1 saturated heterocycles. The topological polar surface area (TPSA) is 68.5 Å². The number of Topliss-reactive ketones (excluding diaryl/α,β-unsaturated/α-hetero) is 1. The van der Waals surface area contributed by atoms with E-state index in [9.17, 15) is 13.6 Å². The molecular weight excluding hydrogens is 404 g/mol. The van der Waals surface area contributed by atoms with Gasteiger partial charge in [-0.15, -0.1) is 0 Å². The van der Waals surface area contributed by atoms with Crippen LogP contribution in [0.3, 0.4) is 0 Å². The Morgan fingerprint density at radius 1 is 1.16 bits per heavy atom. The monoisotopic (exact) mass is 427 g/mol. The molecule has 0 atom stereocenters. The quantitative estimate of drug-likeness (QED) is 0.508. The lowest BCUT2D eigenvalue weighted by molar-refractivity contribution is -0.0494. The number of nitrogens with zero attached hydrogens (tertiary/aromatic N) is 3. The summed E-state index contributed by atoms with van der Waals surface area (Å²) < 4.78 is 35.1. The number of likely N-dealkylation sites (tertiary alicyclic amines) is 1. The van der Waals surface area contributed by atoms with Gasteiger partial charge >= 0.3 is 6.61 Å². The average molecular weight is 427 g/mol. The van der Waals surface area contributed by atoms with E-state index in [1.54, 1.807) is 18.2 Å². The molecule has 3 aromatic rings. The lowest BCUT2D eigenvalue weighted by Crippen LogP contribution is -2.36. The number of ketones is 1. The summed E-state index contributed by atoms with van der Waals surface area (Å²) in [5.41, 5.74) is 2.24. The number of carbonyl (C=O) groups excluding carboxylic acids is 1. The van der Waals surface area contributed by atoms with Crippen molar-refractivity contribution in [2.24, 2.45) is 5.92 Å². The first-order valence-corrected chi connectivity index (χ1v) is 10.2. The fraction of sp³-hybridized carbons (Fsp3) is 0.348. The zero-order chi connectivity index (χ0) is 21.8. The molecule has 0 unspecified atom stereocenters. The summed E-state index contributed by atoms with van der Waals surface area (Å²) in [6.45, 7) is 0.989. The summed E-state index contributed by atoms with van der Waals surface area (Å²) in [4.78, 5) is 19.2. The Bertz CT molecular complexity index is 1030. The van der Waals surface area contributed by atoms with Crippen molar-refractivity contribution in [3.05, 3.63) is 65.5 Å². The van der Waals surface area contributed by atoms with E-state index in [-0.39, 0.29) is 23.3 Å². The standard InChI is InChI=1S/C23H23F2N3O3/c1-15-6-8-16(9-7-15)21(29)17-10-12-28(13-11-17)14-20-26-22(27-31-20)18-4-2-3-5-19(18)30-23(24)25/h2-9,17,23H,10-14H2,1H3. The molecule has 0 saturated carbocycles. The Morgan fingerprint density at radius 3 is 2.58 bits per heavy atom. The Morgan fingerprint density at radius 2 is 1.87 bits per heavy atom. The summed E-state index contributed by atoms with van der Waals surface area (Å²) in [7, 11) is 0. The molecule has 0 amide bonds. The van der Waals surface area contributed by atoms with Crippen molar-refractivity contribution in [1.29, 1.82) is 0 Å². The molecule has 1 aliphatic rings. The van der Waals surface area contributed by atoms with Crippen LogP contribution in [0.15, 0.2) is 53.1 Å². The highest BCUT2D eigenvalue weighted by Gasteiger charge is 2.27. The van der Waals surface area contributed by atoms with Gasteiger partial charge in [0.1, 0.15) is 5.75 Å². The highest BCUT2D eigenvalue weighted by molar-refractivity contribution is 5.97. The number of hydrogen-bond acceptors (Lipinski definition) is 6. The second kappa shape index (κ2) is 9.34. The average Bonchev–Trinajstić information content (AvgIpc) is 3.22. The van der Waals surface area contributed by atoms with Crippen molar-refractivity contribution in [1.82, 2.24) is 15.0 Å². The van der Waals surface area contributed by atoms with Crippen LogP contribution in [0.4, 0.5) is 8.78 Å². The third-order valence-corrected chi connectivity index (χ3v) is 5.47. The van der Waals surface area contributed by atoms with Crippen LogP contribution in [0.5, 0.6) is 5.75 Å². The van der Waals surface area contributed by atoms with Gasteiger partial charge in [-0.25, -0.2) is 0 Å². The van der Waals surface area contributed by atoms with Crippen LogP contribution in [0.25, 0.3) is 11.4 Å². The van der Waals surface area contributed by atoms with Gasteiger partial charge < -0.3 is 9.26 Å². The fourth-order valence-corrected chi connectivity index (χ4v) is 3.78. The number of piperidine rings is 1. The molecule has 2 aromatic carbocycles. The van der Waals surface area contributed by atoms with Crippen LogP contribution < -0.4 is 4.74 Å². The molecule has 162 valence electrons. The molecule has 1 aliphatic heterocycles. The van der Waals surface area contributed by atoms with E-state index in [0.29, 0.717) is 18.0 Å². The maximum atomic E-state index is 12.7. The minimum Gasteiger partial charge on any atom is -0.434 e. The van der Waals surface area contributed by atoms with E-state index in [1.807, 2.05) is 31.2 Å². The largest absolute Gasteiger partial charge is 0.434 e. The second-order valence-electron chi connectivity index (χ2n) is 7.67. The van der Waals surface area contributed by atoms with E-state index in [4.69, 9.17) is 4.52 Å². The molecule has 2 heterocycles. The molecule has 0 radical (unpaired) electrons. The van der Waals surface area contributed by atoms with Gasteiger partial charge in [0.05, 0.1) is 12.1 Å². The third-order valence-electron chi connectivity index (χ3n) is 5.47. The van der Waals surface area contributed by atoms with Gasteiger partial charge in [-0.1, -0.05) is 47.1 Å². The number of halogens is 2. The van der Waals surface area contributed by atoms with Crippen molar-refractivity contribution in [3.8, 4) is 17.1 Å². The molecule has 0 bridgehead atoms. The number of ether oxygens (including phenoxy) is 1. The molecule has 0 spiro atoms. The lowest BCUT2D eigenvalue weighted by Gasteiger charge is -2.30. The Hall–Kier alpha value is -3.13. The summed E-state index contributed by atoms with van der Waals surface area (Å²) >= 11 is 0. The van der Waals surface area contributed by atoms with E-state index < -0.39 is 6.61 Å². The molecule has 1 aromatic heterocycles. The Labute approximate surface area is 178 Å². The second-order valence-corrected chi connectivity index (χ2v) is 7.67. The highest BCUT2D eigenvalue weighted by Crippen LogP contribution is 2.29. The van der Waals surface area contributed by atoms with Crippen molar-refractivity contribution in [3.63, 3.8) is 0 Å². The number of benzene rings is 2. The SMILES string of the molecule is Cc1ccc(C(=O)C2CCN(Cc3nc(-c4ccccc4OC(F)F)no3)CC2)cc1. The van der Waals surface area contributed by atoms with Crippen LogP contribution >= 0.6 is 0 Å². The Balaban J connectivity index is 1.35. The van der Waals surface area contributed by atoms with Crippen molar-refractivity contribution < 1.29 is 22.8 Å². The number of para-hydroxylation sites is 1. The van der Waals surface area contributed by atoms with Gasteiger partial charge in [0.2, 0.25) is 11.7 Å². The number of aromatic nitrogens is 2. The fourth-order valence-electron chi connectivity index (χ4n) is 3.78. The van der Waals surface area contributed by atoms with Gasteiger partial charge in [0.15, 0.2) is 5.78 Å². The summed E-state index contributed by atoms with van der Waals surface area (Å²) in [6.07, 6.45) is 1.53. The lowest BCUT2D eigenvalue weighted by atomic mass is 9.88. The summed E-state index contributed by atoms with van der Waals surface area (Å²) in [5.74, 6) is 0.798. The third kappa shape index (κ3) is 5.14. The number of hydrogen-bond donors (Lipinski definition) is 0. The van der Waals surface area contributed by atoms with Gasteiger partial charge in [-0.05, 0) is 45.0 Å². The predicted molar refractivity (Wildman–Crippen MR) is 110 cm³/mol. The summed E-state index contributed by atoms with van der Waals surface area (Å²) in [5, 5.41) is 3.92. The molecule has 0 N–H and O–H groups in total. The van der Waals surface area contributed by atoms with E-state index >= 15 is 0 Å². The molecule has 6 nitrogen and oxygen atoms in total. The normalized spacial score (nSPS) is 15.4. The first-order valence-electron chi connectivity index (χ1n) is 10.2. The number of rotatable bonds is 7. The zero-order valence-corrected chi connectivity index (χ0v) is 17.1. The minimum atomic E-state index is -2.93. The van der Waals surface area contributed by atoms with Crippen LogP contribution in [-0.2, 0) is 6.54 Å². The first-order chi connectivity index (χ1) is 15.0. The van der Waals surface area contributed by atoms with Gasteiger partial charge in [0.25, 0.3) is 0 Å². The maximum absolute atomic E-state index is 12.7. The van der Waals surface area contributed by atoms with Crippen LogP contribution in [0, 0.1) is 12.8 Å². The van der Waals surface area contributed by atoms with E-state index in [0.717, 1.165) is 37.1 Å². The molecule has 8 heteroatoms. The van der Waals surface area contributed by atoms with E-state index in [1.165, 1.54) is 6.07 Å². The number of carbonyl (C=O) groups is 1. The number of aryl methyl sites for hydroxylation is 1. The zero-order valence-electron chi connectivity index (χ0n) is 17.1. The molecule has 1 fully saturated rings. The predicted octanol–water partition coefficient (Wildman–Crippen LogP) is 4.74. The van der Waals surface area contributed by atoms with Crippen molar-refractivity contribution in [2.45, 2.75) is 32.9 Å². The molecule has 4 rings (SSSR count). The van der Waals surface area contributed by atoms with Crippen LogP contribution in [0.1, 0.15) is 34.7 Å². The van der Waals surface area contributed by atoms with Crippen molar-refractivity contribution in [2.75, 3.05) is 13.1 Å². The smallest absolute Gasteiger partial charge is 0.387 e. The molecular formula is C23H23F2N3O3. The van der Waals surface area contributed by atoms with Crippen LogP contribution in [0.2, 0.25) is 0 Å². The molecule has 0 aliphatic carbocycles. The first kappa shape index (κ1) is 21.1. The highest BCUT2D eigenvalue weighted by atomic mass is 19.3. The van der Waals surface area contributed by atoms with Crippen molar-refractivity contribution >= 4 is 5.78 Å². The maximum Gasteiger partial charge on any atom is 0.387 e. The summed E-state index contributed by atoms with van der Waals surface area (Å²) in [6, 6.07) is 14.0. The van der Waals surface area contributed by atoms with Gasteiger partial charge in [-0.2, -0.15) is 13.8 Å². The van der Waals surface area contributed by atoms with Crippen LogP contribution in [-0.4, -0.2) is 40.5 Å². The minimum absolute atomic E-state index is 0.000262. The van der Waals surface area contributed by atoms with Gasteiger partial charge in [0, 0.05) is 11.5 Å². The number of alkyl halides is 2. The Kier molecular flexibility index (Phi) is 6.36. The van der Waals surface area contributed by atoms with E-state index in [2.05, 4.69) is 19.8 Å².